The Morgan fingerprint density at radius 1 is 1.60 bits per heavy atom. The van der Waals surface area contributed by atoms with Crippen LogP contribution in [0.25, 0.3) is 0 Å². The van der Waals surface area contributed by atoms with Gasteiger partial charge in [-0.1, -0.05) is 13.3 Å². The van der Waals surface area contributed by atoms with Crippen LogP contribution in [0.4, 0.5) is 0 Å². The first-order chi connectivity index (χ1) is 4.85. The SMILES string of the molecule is C=N/C(=C\C=NC)CCC. The fraction of sp³-hybridized carbons (Fsp3) is 0.500. The van der Waals surface area contributed by atoms with Gasteiger partial charge in [0.2, 0.25) is 0 Å². The third-order valence-electron chi connectivity index (χ3n) is 1.13. The van der Waals surface area contributed by atoms with Crippen LogP contribution >= 0.6 is 0 Å². The fourth-order valence-electron chi connectivity index (χ4n) is 0.632. The topological polar surface area (TPSA) is 24.7 Å². The van der Waals surface area contributed by atoms with Gasteiger partial charge in [-0.05, 0) is 19.2 Å². The Bertz CT molecular complexity index is 145. The molecule has 2 heteroatoms. The average molecular weight is 138 g/mol. The van der Waals surface area contributed by atoms with Crippen molar-refractivity contribution in [1.29, 1.82) is 0 Å². The molecular formula is C8H14N2. The Hall–Kier alpha value is -0.920. The Morgan fingerprint density at radius 3 is 2.70 bits per heavy atom. The highest BCUT2D eigenvalue weighted by Crippen LogP contribution is 2.03. The van der Waals surface area contributed by atoms with E-state index in [1.165, 1.54) is 0 Å². The molecule has 0 aliphatic carbocycles. The Balaban J connectivity index is 3.90. The number of allylic oxidation sites excluding steroid dienone is 2. The van der Waals surface area contributed by atoms with E-state index in [1.807, 2.05) is 6.08 Å². The van der Waals surface area contributed by atoms with Crippen molar-refractivity contribution in [3.05, 3.63) is 11.8 Å². The lowest BCUT2D eigenvalue weighted by Gasteiger charge is -1.93. The van der Waals surface area contributed by atoms with E-state index < -0.39 is 0 Å². The Labute approximate surface area is 62.4 Å². The van der Waals surface area contributed by atoms with Crippen LogP contribution < -0.4 is 0 Å². The minimum atomic E-state index is 0.982. The monoisotopic (exact) mass is 138 g/mol. The molecule has 0 bridgehead atoms. The van der Waals surface area contributed by atoms with Gasteiger partial charge in [0.25, 0.3) is 0 Å². The molecule has 56 valence electrons. The van der Waals surface area contributed by atoms with Gasteiger partial charge >= 0.3 is 0 Å². The van der Waals surface area contributed by atoms with Crippen molar-refractivity contribution in [2.24, 2.45) is 9.98 Å². The van der Waals surface area contributed by atoms with Crippen LogP contribution in [0.1, 0.15) is 19.8 Å². The van der Waals surface area contributed by atoms with Crippen molar-refractivity contribution in [2.45, 2.75) is 19.8 Å². The van der Waals surface area contributed by atoms with Crippen LogP contribution in [0.3, 0.4) is 0 Å². The summed E-state index contributed by atoms with van der Waals surface area (Å²) in [6, 6.07) is 0. The molecule has 0 aromatic rings. The zero-order chi connectivity index (χ0) is 7.82. The summed E-state index contributed by atoms with van der Waals surface area (Å²) in [6.45, 7) is 5.57. The zero-order valence-corrected chi connectivity index (χ0v) is 6.67. The highest BCUT2D eigenvalue weighted by molar-refractivity contribution is 5.72. The van der Waals surface area contributed by atoms with E-state index in [4.69, 9.17) is 0 Å². The standard InChI is InChI=1S/C8H14N2/c1-4-5-8(10-3)6-7-9-2/h6-7H,3-5H2,1-2H3/b8-6-,9-7?. The molecule has 0 spiro atoms. The van der Waals surface area contributed by atoms with Crippen LogP contribution in [0.5, 0.6) is 0 Å². The molecule has 0 rings (SSSR count). The van der Waals surface area contributed by atoms with Crippen LogP contribution in [0.15, 0.2) is 21.8 Å². The summed E-state index contributed by atoms with van der Waals surface area (Å²) in [5.74, 6) is 0. The summed E-state index contributed by atoms with van der Waals surface area (Å²) in [5.41, 5.74) is 1.01. The predicted octanol–water partition coefficient (Wildman–Crippen LogP) is 2.07. The maximum absolute atomic E-state index is 3.84. The molecule has 0 aliphatic heterocycles. The summed E-state index contributed by atoms with van der Waals surface area (Å²) < 4.78 is 0. The first-order valence-electron chi connectivity index (χ1n) is 3.43. The second kappa shape index (κ2) is 6.20. The second-order valence-electron chi connectivity index (χ2n) is 1.97. The summed E-state index contributed by atoms with van der Waals surface area (Å²) in [5, 5.41) is 0. The molecule has 2 nitrogen and oxygen atoms in total. The lowest BCUT2D eigenvalue weighted by atomic mass is 10.2. The van der Waals surface area contributed by atoms with Crippen molar-refractivity contribution < 1.29 is 0 Å². The maximum Gasteiger partial charge on any atom is 0.0411 e. The molecule has 10 heavy (non-hydrogen) atoms. The second-order valence-corrected chi connectivity index (χ2v) is 1.97. The summed E-state index contributed by atoms with van der Waals surface area (Å²) in [6.07, 6.45) is 5.70. The van der Waals surface area contributed by atoms with E-state index >= 15 is 0 Å². The lowest BCUT2D eigenvalue weighted by molar-refractivity contribution is 0.897. The highest BCUT2D eigenvalue weighted by atomic mass is 14.7. The van der Waals surface area contributed by atoms with Gasteiger partial charge in [-0.3, -0.25) is 9.98 Å². The predicted molar refractivity (Wildman–Crippen MR) is 47.0 cm³/mol. The van der Waals surface area contributed by atoms with E-state index in [1.54, 1.807) is 13.3 Å². The van der Waals surface area contributed by atoms with Gasteiger partial charge < -0.3 is 0 Å². The summed E-state index contributed by atoms with van der Waals surface area (Å²) in [7, 11) is 1.74. The van der Waals surface area contributed by atoms with E-state index in [2.05, 4.69) is 23.6 Å². The molecule has 0 aromatic carbocycles. The number of hydrogen-bond acceptors (Lipinski definition) is 2. The van der Waals surface area contributed by atoms with Crippen LogP contribution in [0.2, 0.25) is 0 Å². The molecule has 0 radical (unpaired) electrons. The van der Waals surface area contributed by atoms with Gasteiger partial charge in [0.05, 0.1) is 0 Å². The quantitative estimate of drug-likeness (QED) is 0.531. The molecule has 0 heterocycles. The van der Waals surface area contributed by atoms with Crippen molar-refractivity contribution in [1.82, 2.24) is 0 Å². The first-order valence-corrected chi connectivity index (χ1v) is 3.43. The Morgan fingerprint density at radius 2 is 2.30 bits per heavy atom. The fourth-order valence-corrected chi connectivity index (χ4v) is 0.632. The molecular weight excluding hydrogens is 124 g/mol. The third kappa shape index (κ3) is 4.01. The normalized spacial score (nSPS) is 12.4. The number of hydrogen-bond donors (Lipinski definition) is 0. The van der Waals surface area contributed by atoms with Crippen molar-refractivity contribution in [3.63, 3.8) is 0 Å². The summed E-state index contributed by atoms with van der Waals surface area (Å²) in [4.78, 5) is 7.65. The van der Waals surface area contributed by atoms with Gasteiger partial charge in [0, 0.05) is 19.0 Å². The van der Waals surface area contributed by atoms with Crippen molar-refractivity contribution >= 4 is 12.9 Å². The van der Waals surface area contributed by atoms with E-state index in [-0.39, 0.29) is 0 Å². The van der Waals surface area contributed by atoms with Crippen molar-refractivity contribution in [2.75, 3.05) is 7.05 Å². The maximum atomic E-state index is 3.84. The first kappa shape index (κ1) is 9.08. The van der Waals surface area contributed by atoms with Gasteiger partial charge in [-0.25, -0.2) is 0 Å². The van der Waals surface area contributed by atoms with Gasteiger partial charge in [-0.2, -0.15) is 0 Å². The average Bonchev–Trinajstić information content (AvgIpc) is 1.98. The van der Waals surface area contributed by atoms with E-state index in [0.717, 1.165) is 18.5 Å². The molecule has 0 unspecified atom stereocenters. The number of rotatable bonds is 4. The molecule has 0 atom stereocenters. The van der Waals surface area contributed by atoms with Crippen LogP contribution in [0, 0.1) is 0 Å². The van der Waals surface area contributed by atoms with Gasteiger partial charge in [0.1, 0.15) is 0 Å². The van der Waals surface area contributed by atoms with E-state index in [9.17, 15) is 0 Å². The number of nitrogens with zero attached hydrogens (tertiary/aromatic N) is 2. The number of aliphatic imine (C=N–C) groups is 2. The molecule has 0 saturated carbocycles. The molecule has 0 N–H and O–H groups in total. The zero-order valence-electron chi connectivity index (χ0n) is 6.67. The molecule has 0 aromatic heterocycles. The Kier molecular flexibility index (Phi) is 5.63. The molecule has 0 aliphatic rings. The van der Waals surface area contributed by atoms with Gasteiger partial charge in [0.15, 0.2) is 0 Å². The molecule has 0 amide bonds. The molecule has 0 saturated heterocycles. The summed E-state index contributed by atoms with van der Waals surface area (Å²) >= 11 is 0. The van der Waals surface area contributed by atoms with E-state index in [0.29, 0.717) is 0 Å². The van der Waals surface area contributed by atoms with Crippen LogP contribution in [-0.2, 0) is 0 Å². The third-order valence-corrected chi connectivity index (χ3v) is 1.13. The smallest absolute Gasteiger partial charge is 0.0411 e. The van der Waals surface area contributed by atoms with Crippen molar-refractivity contribution in [3.8, 4) is 0 Å². The molecule has 0 fully saturated rings. The minimum absolute atomic E-state index is 0.982. The van der Waals surface area contributed by atoms with Gasteiger partial charge in [-0.15, -0.1) is 0 Å². The largest absolute Gasteiger partial charge is 0.296 e. The highest BCUT2D eigenvalue weighted by Gasteiger charge is 1.86. The minimum Gasteiger partial charge on any atom is -0.296 e. The van der Waals surface area contributed by atoms with Crippen LogP contribution in [-0.4, -0.2) is 20.0 Å². The lowest BCUT2D eigenvalue weighted by Crippen LogP contribution is -1.77.